The number of hydrogen-bond donors (Lipinski definition) is 1. The molecule has 0 unspecified atom stereocenters. The highest BCUT2D eigenvalue weighted by molar-refractivity contribution is 5.76. The molecule has 0 fully saturated rings. The summed E-state index contributed by atoms with van der Waals surface area (Å²) >= 11 is 0. The van der Waals surface area contributed by atoms with Crippen molar-refractivity contribution in [3.05, 3.63) is 98.7 Å². The molecule has 1 atom stereocenters. The van der Waals surface area contributed by atoms with E-state index in [1.54, 1.807) is 4.57 Å². The summed E-state index contributed by atoms with van der Waals surface area (Å²) in [7, 11) is 0. The Bertz CT molecular complexity index is 1250. The fourth-order valence-electron chi connectivity index (χ4n) is 5.26. The SMILES string of the molecule is CC(C)c1nc2c(c(=O)n1CC(=O)N[C@@H]1CCc3ccccc31)CCN(Cc1ccccc1)C2. The molecule has 5 rings (SSSR count). The molecular weight excluding hydrogens is 424 g/mol. The second kappa shape index (κ2) is 9.55. The fourth-order valence-corrected chi connectivity index (χ4v) is 5.26. The van der Waals surface area contributed by atoms with Crippen LogP contribution in [0.5, 0.6) is 0 Å². The van der Waals surface area contributed by atoms with Gasteiger partial charge in [-0.2, -0.15) is 0 Å². The molecule has 2 heterocycles. The Morgan fingerprint density at radius 1 is 1.09 bits per heavy atom. The van der Waals surface area contributed by atoms with E-state index in [1.807, 2.05) is 32.0 Å². The van der Waals surface area contributed by atoms with Gasteiger partial charge in [0.05, 0.1) is 11.7 Å². The maximum atomic E-state index is 13.5. The first-order valence-corrected chi connectivity index (χ1v) is 12.3. The van der Waals surface area contributed by atoms with Gasteiger partial charge in [0.1, 0.15) is 12.4 Å². The topological polar surface area (TPSA) is 67.2 Å². The minimum absolute atomic E-state index is 0.0129. The van der Waals surface area contributed by atoms with Crippen molar-refractivity contribution in [2.45, 2.75) is 64.7 Å². The molecule has 0 spiro atoms. The molecule has 2 aliphatic rings. The van der Waals surface area contributed by atoms with Crippen molar-refractivity contribution in [1.29, 1.82) is 0 Å². The van der Waals surface area contributed by atoms with Gasteiger partial charge >= 0.3 is 0 Å². The second-order valence-electron chi connectivity index (χ2n) is 9.75. The van der Waals surface area contributed by atoms with Crippen molar-refractivity contribution >= 4 is 5.91 Å². The molecule has 0 radical (unpaired) electrons. The van der Waals surface area contributed by atoms with Gasteiger partial charge < -0.3 is 5.32 Å². The number of fused-ring (bicyclic) bond motifs is 2. The predicted octanol–water partition coefficient (Wildman–Crippen LogP) is 3.73. The molecule has 1 N–H and O–H groups in total. The summed E-state index contributed by atoms with van der Waals surface area (Å²) in [5, 5.41) is 3.16. The molecule has 1 aromatic heterocycles. The van der Waals surface area contributed by atoms with Crippen LogP contribution in [0.25, 0.3) is 0 Å². The molecular formula is C28H32N4O2. The molecule has 1 aliphatic carbocycles. The van der Waals surface area contributed by atoms with E-state index >= 15 is 0 Å². The number of carbonyl (C=O) groups excluding carboxylic acids is 1. The van der Waals surface area contributed by atoms with Gasteiger partial charge in [-0.3, -0.25) is 19.1 Å². The van der Waals surface area contributed by atoms with Crippen LogP contribution in [0.15, 0.2) is 59.4 Å². The number of rotatable bonds is 6. The fraction of sp³-hybridized carbons (Fsp3) is 0.393. The highest BCUT2D eigenvalue weighted by Gasteiger charge is 2.27. The number of nitrogens with zero attached hydrogens (tertiary/aromatic N) is 3. The normalized spacial score (nSPS) is 17.4. The average Bonchev–Trinajstić information content (AvgIpc) is 3.24. The van der Waals surface area contributed by atoms with Crippen LogP contribution in [0.4, 0.5) is 0 Å². The van der Waals surface area contributed by atoms with Crippen molar-refractivity contribution < 1.29 is 4.79 Å². The lowest BCUT2D eigenvalue weighted by Gasteiger charge is -2.29. The molecule has 2 aromatic carbocycles. The lowest BCUT2D eigenvalue weighted by Crippen LogP contribution is -2.41. The number of amides is 1. The molecule has 6 heteroatoms. The Balaban J connectivity index is 1.35. The van der Waals surface area contributed by atoms with Gasteiger partial charge in [-0.1, -0.05) is 68.4 Å². The third-order valence-electron chi connectivity index (χ3n) is 6.96. The first-order valence-electron chi connectivity index (χ1n) is 12.3. The van der Waals surface area contributed by atoms with Crippen molar-refractivity contribution in [3.8, 4) is 0 Å². The van der Waals surface area contributed by atoms with E-state index in [0.29, 0.717) is 18.8 Å². The van der Waals surface area contributed by atoms with Crippen LogP contribution in [-0.4, -0.2) is 26.9 Å². The third-order valence-corrected chi connectivity index (χ3v) is 6.96. The van der Waals surface area contributed by atoms with Crippen LogP contribution in [0, 0.1) is 0 Å². The maximum Gasteiger partial charge on any atom is 0.257 e. The summed E-state index contributed by atoms with van der Waals surface area (Å²) in [6, 6.07) is 18.7. The van der Waals surface area contributed by atoms with Crippen LogP contribution in [0.1, 0.15) is 66.0 Å². The van der Waals surface area contributed by atoms with Crippen LogP contribution in [0.2, 0.25) is 0 Å². The van der Waals surface area contributed by atoms with E-state index < -0.39 is 0 Å². The lowest BCUT2D eigenvalue weighted by atomic mass is 10.0. The Kier molecular flexibility index (Phi) is 6.33. The molecule has 0 saturated heterocycles. The van der Waals surface area contributed by atoms with Crippen LogP contribution in [-0.2, 0) is 37.3 Å². The van der Waals surface area contributed by atoms with Crippen molar-refractivity contribution in [3.63, 3.8) is 0 Å². The summed E-state index contributed by atoms with van der Waals surface area (Å²) in [5.74, 6) is 0.601. The number of benzene rings is 2. The summed E-state index contributed by atoms with van der Waals surface area (Å²) < 4.78 is 1.60. The van der Waals surface area contributed by atoms with Gasteiger partial charge in [-0.25, -0.2) is 4.98 Å². The van der Waals surface area contributed by atoms with Crippen molar-refractivity contribution in [2.24, 2.45) is 0 Å². The minimum Gasteiger partial charge on any atom is -0.348 e. The zero-order valence-electron chi connectivity index (χ0n) is 20.0. The summed E-state index contributed by atoms with van der Waals surface area (Å²) in [6.07, 6.45) is 2.53. The smallest absolute Gasteiger partial charge is 0.257 e. The summed E-state index contributed by atoms with van der Waals surface area (Å²) in [5.41, 5.74) is 5.30. The summed E-state index contributed by atoms with van der Waals surface area (Å²) in [6.45, 7) is 6.38. The molecule has 34 heavy (non-hydrogen) atoms. The van der Waals surface area contributed by atoms with Gasteiger partial charge in [0.15, 0.2) is 0 Å². The van der Waals surface area contributed by atoms with E-state index in [9.17, 15) is 9.59 Å². The van der Waals surface area contributed by atoms with E-state index in [0.717, 1.165) is 37.2 Å². The van der Waals surface area contributed by atoms with Gasteiger partial charge in [-0.05, 0) is 36.0 Å². The van der Waals surface area contributed by atoms with Gasteiger partial charge in [0.2, 0.25) is 5.91 Å². The number of aromatic nitrogens is 2. The molecule has 3 aromatic rings. The number of carbonyl (C=O) groups is 1. The van der Waals surface area contributed by atoms with Crippen LogP contribution >= 0.6 is 0 Å². The number of nitrogens with one attached hydrogen (secondary N) is 1. The molecule has 1 aliphatic heterocycles. The van der Waals surface area contributed by atoms with Crippen LogP contribution in [0.3, 0.4) is 0 Å². The molecule has 176 valence electrons. The van der Waals surface area contributed by atoms with Gasteiger partial charge in [0.25, 0.3) is 5.56 Å². The number of hydrogen-bond acceptors (Lipinski definition) is 4. The van der Waals surface area contributed by atoms with Gasteiger partial charge in [0, 0.05) is 31.1 Å². The lowest BCUT2D eigenvalue weighted by molar-refractivity contribution is -0.122. The van der Waals surface area contributed by atoms with Crippen LogP contribution < -0.4 is 10.9 Å². The van der Waals surface area contributed by atoms with Crippen molar-refractivity contribution in [1.82, 2.24) is 19.8 Å². The zero-order valence-corrected chi connectivity index (χ0v) is 20.0. The van der Waals surface area contributed by atoms with E-state index in [2.05, 4.69) is 46.6 Å². The zero-order chi connectivity index (χ0) is 23.7. The number of aryl methyl sites for hydroxylation is 1. The molecule has 6 nitrogen and oxygen atoms in total. The quantitative estimate of drug-likeness (QED) is 0.614. The maximum absolute atomic E-state index is 13.5. The standard InChI is InChI=1S/C28H32N4O2/c1-19(2)27-30-25-17-31(16-20-8-4-3-5-9-20)15-14-23(25)28(34)32(27)18-26(33)29-24-13-12-21-10-6-7-11-22(21)24/h3-11,19,24H,12-18H2,1-2H3,(H,29,33)/t24-/m1/s1. The predicted molar refractivity (Wildman–Crippen MR) is 132 cm³/mol. The Morgan fingerprint density at radius 2 is 1.85 bits per heavy atom. The average molecular weight is 457 g/mol. The first kappa shape index (κ1) is 22.5. The molecule has 0 saturated carbocycles. The largest absolute Gasteiger partial charge is 0.348 e. The van der Waals surface area contributed by atoms with Gasteiger partial charge in [-0.15, -0.1) is 0 Å². The highest BCUT2D eigenvalue weighted by atomic mass is 16.2. The summed E-state index contributed by atoms with van der Waals surface area (Å²) in [4.78, 5) is 33.8. The Labute approximate surface area is 200 Å². The Morgan fingerprint density at radius 3 is 2.65 bits per heavy atom. The Hall–Kier alpha value is -3.25. The monoisotopic (exact) mass is 456 g/mol. The second-order valence-corrected chi connectivity index (χ2v) is 9.75. The van der Waals surface area contributed by atoms with Crippen molar-refractivity contribution in [2.75, 3.05) is 6.54 Å². The first-order chi connectivity index (χ1) is 16.5. The van der Waals surface area contributed by atoms with E-state index in [4.69, 9.17) is 4.98 Å². The molecule has 0 bridgehead atoms. The highest BCUT2D eigenvalue weighted by Crippen LogP contribution is 2.30. The third kappa shape index (κ3) is 4.55. The molecule has 1 amide bonds. The van der Waals surface area contributed by atoms with E-state index in [1.165, 1.54) is 16.7 Å². The van der Waals surface area contributed by atoms with E-state index in [-0.39, 0.29) is 30.0 Å². The minimum atomic E-state index is -0.131.